The fraction of sp³-hybridized carbons (Fsp3) is 0.105. The molecule has 0 atom stereocenters. The summed E-state index contributed by atoms with van der Waals surface area (Å²) < 4.78 is 5.75. The van der Waals surface area contributed by atoms with Crippen LogP contribution in [0.3, 0.4) is 0 Å². The number of hydrogen-bond donors (Lipinski definition) is 0. The molecule has 0 aliphatic heterocycles. The van der Waals surface area contributed by atoms with Crippen LogP contribution in [0.5, 0.6) is 0 Å². The van der Waals surface area contributed by atoms with Crippen molar-refractivity contribution in [1.29, 1.82) is 5.26 Å². The minimum absolute atomic E-state index is 0.0700. The van der Waals surface area contributed by atoms with Crippen LogP contribution in [0.1, 0.15) is 11.4 Å². The second-order valence-corrected chi connectivity index (χ2v) is 7.30. The van der Waals surface area contributed by atoms with Gasteiger partial charge in [0.25, 0.3) is 5.56 Å². The van der Waals surface area contributed by atoms with Gasteiger partial charge in [-0.15, -0.1) is 21.5 Å². The molecule has 0 saturated heterocycles. The van der Waals surface area contributed by atoms with E-state index in [-0.39, 0.29) is 16.6 Å². The number of fused-ring (bicyclic) bond motifs is 4. The van der Waals surface area contributed by atoms with Gasteiger partial charge in [0.05, 0.1) is 17.6 Å². The summed E-state index contributed by atoms with van der Waals surface area (Å²) in [6.45, 7) is 0.291. The molecule has 0 unspecified atom stereocenters. The lowest BCUT2D eigenvalue weighted by Gasteiger charge is -2.11. The van der Waals surface area contributed by atoms with Crippen molar-refractivity contribution >= 4 is 38.2 Å². The third kappa shape index (κ3) is 2.15. The number of nitriles is 1. The Morgan fingerprint density at radius 1 is 1.14 bits per heavy atom. The van der Waals surface area contributed by atoms with E-state index in [0.29, 0.717) is 33.7 Å². The lowest BCUT2D eigenvalue weighted by Crippen LogP contribution is -2.20. The monoisotopic (exact) mass is 388 g/mol. The molecular weight excluding hydrogens is 376 g/mol. The number of thiophene rings is 1. The van der Waals surface area contributed by atoms with Crippen LogP contribution in [0.25, 0.3) is 26.9 Å². The van der Waals surface area contributed by atoms with E-state index in [1.54, 1.807) is 25.4 Å². The summed E-state index contributed by atoms with van der Waals surface area (Å²) in [4.78, 5) is 24.9. The summed E-state index contributed by atoms with van der Waals surface area (Å²) in [6.07, 6.45) is 1.54. The van der Waals surface area contributed by atoms with Crippen molar-refractivity contribution in [1.82, 2.24) is 23.7 Å². The van der Waals surface area contributed by atoms with Crippen molar-refractivity contribution in [3.8, 4) is 6.07 Å². The quantitative estimate of drug-likeness (QED) is 0.460. The minimum Gasteiger partial charge on any atom is -0.338 e. The highest BCUT2D eigenvalue weighted by atomic mass is 32.1. The maximum absolute atomic E-state index is 12.5. The van der Waals surface area contributed by atoms with E-state index in [4.69, 9.17) is 0 Å². The zero-order chi connectivity index (χ0) is 19.4. The van der Waals surface area contributed by atoms with Crippen LogP contribution in [0.4, 0.5) is 0 Å². The number of pyridine rings is 1. The number of hydrogen-bond acceptors (Lipinski definition) is 6. The van der Waals surface area contributed by atoms with E-state index in [0.717, 1.165) is 5.52 Å². The highest BCUT2D eigenvalue weighted by molar-refractivity contribution is 7.17. The molecule has 0 aliphatic rings. The molecule has 0 amide bonds. The van der Waals surface area contributed by atoms with Gasteiger partial charge in [-0.25, -0.2) is 0 Å². The van der Waals surface area contributed by atoms with Gasteiger partial charge in [-0.1, -0.05) is 12.1 Å². The fourth-order valence-electron chi connectivity index (χ4n) is 3.46. The summed E-state index contributed by atoms with van der Waals surface area (Å²) in [6, 6.07) is 11.0. The van der Waals surface area contributed by atoms with Gasteiger partial charge in [0.15, 0.2) is 5.82 Å². The van der Waals surface area contributed by atoms with Crippen LogP contribution < -0.4 is 11.0 Å². The molecule has 4 heterocycles. The molecule has 0 spiro atoms. The number of aryl methyl sites for hydroxylation is 1. The molecule has 5 aromatic rings. The molecule has 1 aromatic carbocycles. The van der Waals surface area contributed by atoms with Crippen LogP contribution in [-0.2, 0) is 13.6 Å². The number of para-hydroxylation sites is 1. The van der Waals surface area contributed by atoms with Crippen LogP contribution in [-0.4, -0.2) is 23.7 Å². The summed E-state index contributed by atoms with van der Waals surface area (Å²) in [7, 11) is 1.66. The van der Waals surface area contributed by atoms with Crippen molar-refractivity contribution in [2.45, 2.75) is 6.54 Å². The number of benzene rings is 1. The van der Waals surface area contributed by atoms with E-state index >= 15 is 0 Å². The van der Waals surface area contributed by atoms with Crippen molar-refractivity contribution < 1.29 is 0 Å². The van der Waals surface area contributed by atoms with E-state index in [2.05, 4.69) is 10.2 Å². The maximum atomic E-state index is 12.5. The Balaban J connectivity index is 1.81. The summed E-state index contributed by atoms with van der Waals surface area (Å²) in [5.74, 6) is 1.04. The van der Waals surface area contributed by atoms with Gasteiger partial charge >= 0.3 is 0 Å². The number of aromatic nitrogens is 5. The molecule has 0 radical (unpaired) electrons. The van der Waals surface area contributed by atoms with Crippen LogP contribution in [0, 0.1) is 11.3 Å². The second-order valence-electron chi connectivity index (χ2n) is 6.38. The standard InChI is InChI=1S/C19H12N6O2S/c1-23-18(27)17-14(6-7-28-17)25-15(21-22-19(23)25)10-24-9-11(8-20)16(26)12-4-2-3-5-13(12)24/h2-7,9H,10H2,1H3. The molecule has 4 aromatic heterocycles. The first-order chi connectivity index (χ1) is 13.6. The van der Waals surface area contributed by atoms with E-state index < -0.39 is 0 Å². The van der Waals surface area contributed by atoms with Crippen molar-refractivity contribution in [2.24, 2.45) is 7.05 Å². The number of nitrogens with zero attached hydrogens (tertiary/aromatic N) is 6. The second kappa shape index (κ2) is 5.87. The Bertz CT molecular complexity index is 1560. The SMILES string of the molecule is Cn1c(=O)c2sccc2n2c(Cn3cc(C#N)c(=O)c4ccccc43)nnc12. The molecule has 0 aliphatic carbocycles. The molecule has 0 bridgehead atoms. The van der Waals surface area contributed by atoms with Gasteiger partial charge < -0.3 is 4.57 Å². The predicted molar refractivity (Wildman–Crippen MR) is 106 cm³/mol. The average Bonchev–Trinajstić information content (AvgIpc) is 3.35. The van der Waals surface area contributed by atoms with E-state index in [1.165, 1.54) is 15.9 Å². The van der Waals surface area contributed by atoms with Crippen LogP contribution in [0.15, 0.2) is 51.5 Å². The Hall–Kier alpha value is -3.77. The van der Waals surface area contributed by atoms with Gasteiger partial charge in [-0.3, -0.25) is 18.6 Å². The smallest absolute Gasteiger partial charge is 0.272 e. The molecule has 5 rings (SSSR count). The van der Waals surface area contributed by atoms with Crippen molar-refractivity contribution in [3.05, 3.63) is 73.9 Å². The molecular formula is C19H12N6O2S. The fourth-order valence-corrected chi connectivity index (χ4v) is 4.31. The Kier molecular flexibility index (Phi) is 3.44. The first-order valence-corrected chi connectivity index (χ1v) is 9.30. The molecule has 0 N–H and O–H groups in total. The van der Waals surface area contributed by atoms with Crippen LogP contribution >= 0.6 is 11.3 Å². The minimum atomic E-state index is -0.289. The first kappa shape index (κ1) is 16.4. The van der Waals surface area contributed by atoms with Gasteiger partial charge in [-0.2, -0.15) is 5.26 Å². The molecule has 28 heavy (non-hydrogen) atoms. The van der Waals surface area contributed by atoms with E-state index in [9.17, 15) is 14.9 Å². The molecule has 136 valence electrons. The van der Waals surface area contributed by atoms with Gasteiger partial charge in [0, 0.05) is 18.6 Å². The Morgan fingerprint density at radius 3 is 2.79 bits per heavy atom. The molecule has 0 fully saturated rings. The Labute approximate surface area is 161 Å². The third-order valence-electron chi connectivity index (χ3n) is 4.82. The summed E-state index contributed by atoms with van der Waals surface area (Å²) in [5.41, 5.74) is 1.12. The lowest BCUT2D eigenvalue weighted by atomic mass is 10.1. The van der Waals surface area contributed by atoms with Gasteiger partial charge in [0.1, 0.15) is 16.3 Å². The summed E-state index contributed by atoms with van der Waals surface area (Å²) in [5, 5.41) is 20.2. The maximum Gasteiger partial charge on any atom is 0.272 e. The first-order valence-electron chi connectivity index (χ1n) is 8.42. The lowest BCUT2D eigenvalue weighted by molar-refractivity contribution is 0.754. The highest BCUT2D eigenvalue weighted by Crippen LogP contribution is 2.20. The van der Waals surface area contributed by atoms with E-state index in [1.807, 2.05) is 38.6 Å². The predicted octanol–water partition coefficient (Wildman–Crippen LogP) is 1.88. The number of rotatable bonds is 2. The zero-order valence-corrected chi connectivity index (χ0v) is 15.5. The third-order valence-corrected chi connectivity index (χ3v) is 5.71. The van der Waals surface area contributed by atoms with Gasteiger partial charge in [0.2, 0.25) is 11.2 Å². The molecule has 9 heteroatoms. The normalized spacial score (nSPS) is 11.4. The molecule has 0 saturated carbocycles. The zero-order valence-electron chi connectivity index (χ0n) is 14.7. The average molecular weight is 388 g/mol. The molecule has 8 nitrogen and oxygen atoms in total. The van der Waals surface area contributed by atoms with Crippen molar-refractivity contribution in [2.75, 3.05) is 0 Å². The highest BCUT2D eigenvalue weighted by Gasteiger charge is 2.17. The largest absolute Gasteiger partial charge is 0.338 e. The van der Waals surface area contributed by atoms with Crippen LogP contribution in [0.2, 0.25) is 0 Å². The Morgan fingerprint density at radius 2 is 1.96 bits per heavy atom. The topological polar surface area (TPSA) is 98.0 Å². The van der Waals surface area contributed by atoms with Gasteiger partial charge in [-0.05, 0) is 23.6 Å². The van der Waals surface area contributed by atoms with Crippen molar-refractivity contribution in [3.63, 3.8) is 0 Å². The summed E-state index contributed by atoms with van der Waals surface area (Å²) >= 11 is 1.37.